The van der Waals surface area contributed by atoms with Crippen LogP contribution in [0.25, 0.3) is 0 Å². The predicted octanol–water partition coefficient (Wildman–Crippen LogP) is 4.38. The van der Waals surface area contributed by atoms with E-state index in [4.69, 9.17) is 16.3 Å². The molecule has 1 aromatic heterocycles. The van der Waals surface area contributed by atoms with Gasteiger partial charge < -0.3 is 14.5 Å². The van der Waals surface area contributed by atoms with Gasteiger partial charge in [0, 0.05) is 55.4 Å². The van der Waals surface area contributed by atoms with Crippen LogP contribution in [0.1, 0.15) is 44.6 Å². The standard InChI is InChI=1S/C26H33ClN4O2/c1-25(7-13-31(14-8-25)24-28-11-4-12-29-24)23(32)30-15-9-26(10-16-30)18-21(33-19-26)17-20-5-2-3-6-22(20)27/h2-6,11-12,21H,7-10,13-19H2,1H3. The summed E-state index contributed by atoms with van der Waals surface area (Å²) in [6.07, 6.45) is 9.42. The van der Waals surface area contributed by atoms with E-state index < -0.39 is 0 Å². The molecule has 2 aromatic rings. The SMILES string of the molecule is CC1(C(=O)N2CCC3(CC2)COC(Cc2ccccc2Cl)C3)CCN(c2ncccn2)CC1. The Balaban J connectivity index is 1.14. The number of benzene rings is 1. The van der Waals surface area contributed by atoms with Crippen LogP contribution in [0.2, 0.25) is 5.02 Å². The zero-order valence-electron chi connectivity index (χ0n) is 19.4. The zero-order chi connectivity index (χ0) is 22.9. The summed E-state index contributed by atoms with van der Waals surface area (Å²) in [6.45, 7) is 6.25. The van der Waals surface area contributed by atoms with Crippen molar-refractivity contribution in [3.8, 4) is 0 Å². The molecule has 3 fully saturated rings. The van der Waals surface area contributed by atoms with Crippen LogP contribution >= 0.6 is 11.6 Å². The second-order valence-corrected chi connectivity index (χ2v) is 10.7. The Kier molecular flexibility index (Phi) is 6.32. The van der Waals surface area contributed by atoms with Crippen molar-refractivity contribution in [2.75, 3.05) is 37.7 Å². The van der Waals surface area contributed by atoms with Gasteiger partial charge in [-0.1, -0.05) is 36.7 Å². The fraction of sp³-hybridized carbons (Fsp3) is 0.577. The number of halogens is 1. The van der Waals surface area contributed by atoms with Gasteiger partial charge in [0.15, 0.2) is 0 Å². The number of rotatable bonds is 4. The van der Waals surface area contributed by atoms with Crippen LogP contribution in [0.3, 0.4) is 0 Å². The third kappa shape index (κ3) is 4.73. The maximum absolute atomic E-state index is 13.5. The minimum Gasteiger partial charge on any atom is -0.377 e. The summed E-state index contributed by atoms with van der Waals surface area (Å²) in [5.74, 6) is 1.08. The second kappa shape index (κ2) is 9.22. The number of amides is 1. The van der Waals surface area contributed by atoms with E-state index in [0.29, 0.717) is 5.91 Å². The first-order chi connectivity index (χ1) is 16.0. The molecule has 1 spiro atoms. The van der Waals surface area contributed by atoms with Crippen LogP contribution in [-0.4, -0.2) is 59.7 Å². The molecule has 3 saturated heterocycles. The molecular formula is C26H33ClN4O2. The van der Waals surface area contributed by atoms with Gasteiger partial charge in [-0.15, -0.1) is 0 Å². The number of anilines is 1. The van der Waals surface area contributed by atoms with Crippen LogP contribution in [0.5, 0.6) is 0 Å². The fourth-order valence-electron chi connectivity index (χ4n) is 5.72. The van der Waals surface area contributed by atoms with Gasteiger partial charge in [-0.05, 0) is 55.2 Å². The minimum absolute atomic E-state index is 0.206. The van der Waals surface area contributed by atoms with Gasteiger partial charge in [-0.2, -0.15) is 0 Å². The van der Waals surface area contributed by atoms with E-state index in [1.165, 1.54) is 0 Å². The van der Waals surface area contributed by atoms with Crippen molar-refractivity contribution in [1.29, 1.82) is 0 Å². The number of ether oxygens (including phenoxy) is 1. The zero-order valence-corrected chi connectivity index (χ0v) is 20.1. The van der Waals surface area contributed by atoms with Gasteiger partial charge in [0.05, 0.1) is 12.7 Å². The first kappa shape index (κ1) is 22.6. The van der Waals surface area contributed by atoms with Crippen molar-refractivity contribution in [3.05, 3.63) is 53.3 Å². The maximum Gasteiger partial charge on any atom is 0.228 e. The van der Waals surface area contributed by atoms with Crippen LogP contribution in [0, 0.1) is 10.8 Å². The summed E-state index contributed by atoms with van der Waals surface area (Å²) >= 11 is 6.35. The van der Waals surface area contributed by atoms with Crippen LogP contribution < -0.4 is 4.90 Å². The lowest BCUT2D eigenvalue weighted by Crippen LogP contribution is -2.52. The Bertz CT molecular complexity index is 969. The fourth-order valence-corrected chi connectivity index (χ4v) is 5.93. The monoisotopic (exact) mass is 468 g/mol. The molecule has 0 radical (unpaired) electrons. The molecule has 3 aliphatic rings. The normalized spacial score (nSPS) is 24.2. The summed E-state index contributed by atoms with van der Waals surface area (Å²) in [4.78, 5) is 26.5. The van der Waals surface area contributed by atoms with Crippen LogP contribution in [0.15, 0.2) is 42.7 Å². The number of carbonyl (C=O) groups excluding carboxylic acids is 1. The summed E-state index contributed by atoms with van der Waals surface area (Å²) in [7, 11) is 0. The highest BCUT2D eigenvalue weighted by atomic mass is 35.5. The summed E-state index contributed by atoms with van der Waals surface area (Å²) in [5.41, 5.74) is 1.07. The Morgan fingerprint density at radius 2 is 1.76 bits per heavy atom. The summed E-state index contributed by atoms with van der Waals surface area (Å²) < 4.78 is 6.21. The lowest BCUT2D eigenvalue weighted by Gasteiger charge is -2.44. The highest BCUT2D eigenvalue weighted by Crippen LogP contribution is 2.44. The molecular weight excluding hydrogens is 436 g/mol. The molecule has 1 unspecified atom stereocenters. The van der Waals surface area contributed by atoms with E-state index in [9.17, 15) is 4.79 Å². The van der Waals surface area contributed by atoms with E-state index in [2.05, 4.69) is 32.8 Å². The number of aromatic nitrogens is 2. The van der Waals surface area contributed by atoms with Gasteiger partial charge in [0.25, 0.3) is 0 Å². The Morgan fingerprint density at radius 3 is 2.45 bits per heavy atom. The Morgan fingerprint density at radius 1 is 1.06 bits per heavy atom. The summed E-state index contributed by atoms with van der Waals surface area (Å²) in [5, 5.41) is 0.820. The molecule has 176 valence electrons. The highest BCUT2D eigenvalue weighted by Gasteiger charge is 2.46. The summed E-state index contributed by atoms with van der Waals surface area (Å²) in [6, 6.07) is 9.87. The molecule has 5 rings (SSSR count). The second-order valence-electron chi connectivity index (χ2n) is 10.3. The van der Waals surface area contributed by atoms with Gasteiger partial charge in [0.1, 0.15) is 0 Å². The molecule has 6 nitrogen and oxygen atoms in total. The predicted molar refractivity (Wildman–Crippen MR) is 129 cm³/mol. The van der Waals surface area contributed by atoms with E-state index in [0.717, 1.165) is 87.8 Å². The maximum atomic E-state index is 13.5. The van der Waals surface area contributed by atoms with Crippen molar-refractivity contribution < 1.29 is 9.53 Å². The molecule has 0 saturated carbocycles. The number of hydrogen-bond donors (Lipinski definition) is 0. The molecule has 7 heteroatoms. The van der Waals surface area contributed by atoms with E-state index in [-0.39, 0.29) is 16.9 Å². The molecule has 0 bridgehead atoms. The third-order valence-corrected chi connectivity index (χ3v) is 8.39. The van der Waals surface area contributed by atoms with Crippen LogP contribution in [0.4, 0.5) is 5.95 Å². The molecule has 33 heavy (non-hydrogen) atoms. The van der Waals surface area contributed by atoms with Crippen molar-refractivity contribution in [2.45, 2.75) is 51.6 Å². The van der Waals surface area contributed by atoms with Gasteiger partial charge in [-0.3, -0.25) is 4.79 Å². The van der Waals surface area contributed by atoms with Crippen molar-refractivity contribution in [3.63, 3.8) is 0 Å². The molecule has 1 aromatic carbocycles. The number of likely N-dealkylation sites (tertiary alicyclic amines) is 1. The minimum atomic E-state index is -0.297. The molecule has 4 heterocycles. The number of nitrogens with zero attached hydrogens (tertiary/aromatic N) is 4. The van der Waals surface area contributed by atoms with Gasteiger partial charge in [-0.25, -0.2) is 9.97 Å². The van der Waals surface area contributed by atoms with Gasteiger partial charge in [0.2, 0.25) is 11.9 Å². The average Bonchev–Trinajstić information content (AvgIpc) is 3.23. The Hall–Kier alpha value is -2.18. The molecule has 0 aliphatic carbocycles. The van der Waals surface area contributed by atoms with E-state index in [1.807, 2.05) is 24.3 Å². The number of piperidine rings is 2. The van der Waals surface area contributed by atoms with Crippen molar-refractivity contribution >= 4 is 23.5 Å². The van der Waals surface area contributed by atoms with Gasteiger partial charge >= 0.3 is 0 Å². The lowest BCUT2D eigenvalue weighted by atomic mass is 9.74. The first-order valence-electron chi connectivity index (χ1n) is 12.1. The smallest absolute Gasteiger partial charge is 0.228 e. The van der Waals surface area contributed by atoms with Crippen molar-refractivity contribution in [1.82, 2.24) is 14.9 Å². The topological polar surface area (TPSA) is 58.6 Å². The first-order valence-corrected chi connectivity index (χ1v) is 12.5. The van der Waals surface area contributed by atoms with E-state index in [1.54, 1.807) is 12.4 Å². The third-order valence-electron chi connectivity index (χ3n) is 8.02. The quantitative estimate of drug-likeness (QED) is 0.666. The Labute approximate surface area is 201 Å². The molecule has 0 N–H and O–H groups in total. The average molecular weight is 469 g/mol. The molecule has 1 amide bonds. The molecule has 3 aliphatic heterocycles. The number of hydrogen-bond acceptors (Lipinski definition) is 5. The van der Waals surface area contributed by atoms with Crippen molar-refractivity contribution in [2.24, 2.45) is 10.8 Å². The van der Waals surface area contributed by atoms with Crippen LogP contribution in [-0.2, 0) is 16.0 Å². The number of carbonyl (C=O) groups is 1. The van der Waals surface area contributed by atoms with E-state index >= 15 is 0 Å². The molecule has 1 atom stereocenters. The largest absolute Gasteiger partial charge is 0.377 e. The highest BCUT2D eigenvalue weighted by molar-refractivity contribution is 6.31. The lowest BCUT2D eigenvalue weighted by molar-refractivity contribution is -0.145.